The lowest BCUT2D eigenvalue weighted by Gasteiger charge is -2.02. The van der Waals surface area contributed by atoms with Gasteiger partial charge in [-0.2, -0.15) is 0 Å². The molecule has 0 saturated carbocycles. The van der Waals surface area contributed by atoms with Crippen LogP contribution in [0.4, 0.5) is 0 Å². The number of hydrogen-bond acceptors (Lipinski definition) is 6. The van der Waals surface area contributed by atoms with Crippen molar-refractivity contribution in [1.82, 2.24) is 14.9 Å². The normalized spacial score (nSPS) is 11.8. The first kappa shape index (κ1) is 16.8. The molecule has 0 radical (unpaired) electrons. The van der Waals surface area contributed by atoms with E-state index in [1.54, 1.807) is 12.1 Å². The van der Waals surface area contributed by atoms with Gasteiger partial charge in [0.25, 0.3) is 0 Å². The van der Waals surface area contributed by atoms with E-state index in [0.29, 0.717) is 22.4 Å². The van der Waals surface area contributed by atoms with Crippen LogP contribution in [-0.4, -0.2) is 25.2 Å². The van der Waals surface area contributed by atoms with E-state index in [2.05, 4.69) is 14.9 Å². The second kappa shape index (κ2) is 6.84. The van der Waals surface area contributed by atoms with Gasteiger partial charge in [-0.3, -0.25) is 0 Å². The first-order valence-corrected chi connectivity index (χ1v) is 9.70. The molecule has 0 spiro atoms. The molecule has 0 amide bonds. The summed E-state index contributed by atoms with van der Waals surface area (Å²) in [6.07, 6.45) is 0.336. The number of rotatable bonds is 6. The number of hydrogen-bond donors (Lipinski definition) is 1. The van der Waals surface area contributed by atoms with Crippen molar-refractivity contribution in [3.05, 3.63) is 52.7 Å². The molecule has 6 nitrogen and oxygen atoms in total. The minimum Gasteiger partial charge on any atom is -0.421 e. The predicted molar refractivity (Wildman–Crippen MR) is 92.4 cm³/mol. The number of aryl methyl sites for hydroxylation is 2. The number of nitrogens with zero attached hydrogens (tertiary/aromatic N) is 2. The zero-order valence-corrected chi connectivity index (χ0v) is 14.9. The van der Waals surface area contributed by atoms with E-state index >= 15 is 0 Å². The van der Waals surface area contributed by atoms with E-state index in [9.17, 15) is 8.42 Å². The Labute approximate surface area is 144 Å². The molecule has 0 aliphatic heterocycles. The molecule has 2 heterocycles. The van der Waals surface area contributed by atoms with Gasteiger partial charge in [-0.15, -0.1) is 21.5 Å². The molecule has 0 aliphatic rings. The summed E-state index contributed by atoms with van der Waals surface area (Å²) in [6, 6.07) is 11.1. The van der Waals surface area contributed by atoms with Crippen molar-refractivity contribution in [2.24, 2.45) is 0 Å². The molecule has 24 heavy (non-hydrogen) atoms. The van der Waals surface area contributed by atoms with Gasteiger partial charge in [0.05, 0.1) is 0 Å². The van der Waals surface area contributed by atoms with Crippen LogP contribution < -0.4 is 4.72 Å². The topological polar surface area (TPSA) is 85.1 Å². The average molecular weight is 363 g/mol. The zero-order chi connectivity index (χ0) is 17.2. The Kier molecular flexibility index (Phi) is 4.79. The van der Waals surface area contributed by atoms with Gasteiger partial charge in [0, 0.05) is 23.4 Å². The predicted octanol–water partition coefficient (Wildman–Crippen LogP) is 2.94. The molecule has 2 aromatic heterocycles. The van der Waals surface area contributed by atoms with Gasteiger partial charge < -0.3 is 4.42 Å². The Morgan fingerprint density at radius 2 is 1.92 bits per heavy atom. The number of nitrogens with one attached hydrogen (secondary N) is 1. The van der Waals surface area contributed by atoms with Crippen LogP contribution in [0.15, 0.2) is 45.0 Å². The van der Waals surface area contributed by atoms with Crippen molar-refractivity contribution >= 4 is 21.4 Å². The summed E-state index contributed by atoms with van der Waals surface area (Å²) in [7, 11) is -3.48. The second-order valence-electron chi connectivity index (χ2n) is 5.33. The highest BCUT2D eigenvalue weighted by Gasteiger charge is 2.16. The molecule has 0 saturated heterocycles. The molecule has 0 aliphatic carbocycles. The van der Waals surface area contributed by atoms with E-state index in [1.807, 2.05) is 38.1 Å². The van der Waals surface area contributed by atoms with Crippen molar-refractivity contribution in [1.29, 1.82) is 0 Å². The summed E-state index contributed by atoms with van der Waals surface area (Å²) in [4.78, 5) is 0.954. The third kappa shape index (κ3) is 3.72. The van der Waals surface area contributed by atoms with E-state index in [1.165, 1.54) is 11.3 Å². The summed E-state index contributed by atoms with van der Waals surface area (Å²) in [5.74, 6) is 0.846. The molecular weight excluding hydrogens is 346 g/mol. The minimum absolute atomic E-state index is 0.203. The average Bonchev–Trinajstić information content (AvgIpc) is 3.17. The standard InChI is InChI=1S/C16H17N3O3S2/c1-11-5-3-4-6-13(11)16-19-18-14(22-16)9-10-17-24(20,21)15-8-7-12(2)23-15/h3-8,17H,9-10H2,1-2H3. The Morgan fingerprint density at radius 3 is 2.62 bits per heavy atom. The molecule has 0 unspecified atom stereocenters. The van der Waals surface area contributed by atoms with E-state index in [0.717, 1.165) is 16.0 Å². The van der Waals surface area contributed by atoms with E-state index in [-0.39, 0.29) is 6.54 Å². The molecule has 126 valence electrons. The number of aromatic nitrogens is 2. The summed E-state index contributed by atoms with van der Waals surface area (Å²) < 4.78 is 32.8. The lowest BCUT2D eigenvalue weighted by atomic mass is 10.1. The van der Waals surface area contributed by atoms with E-state index < -0.39 is 10.0 Å². The third-order valence-corrected chi connectivity index (χ3v) is 6.41. The van der Waals surface area contributed by atoms with Gasteiger partial charge in [-0.1, -0.05) is 18.2 Å². The van der Waals surface area contributed by atoms with Crippen LogP contribution in [0.25, 0.3) is 11.5 Å². The van der Waals surface area contributed by atoms with Gasteiger partial charge in [-0.25, -0.2) is 13.1 Å². The van der Waals surface area contributed by atoms with Crippen molar-refractivity contribution in [2.45, 2.75) is 24.5 Å². The summed E-state index contributed by atoms with van der Waals surface area (Å²) in [5, 5.41) is 8.01. The molecule has 0 atom stereocenters. The fourth-order valence-corrected chi connectivity index (χ4v) is 4.56. The van der Waals surface area contributed by atoms with Crippen LogP contribution >= 0.6 is 11.3 Å². The maximum absolute atomic E-state index is 12.1. The molecule has 0 fully saturated rings. The van der Waals surface area contributed by atoms with E-state index in [4.69, 9.17) is 4.42 Å². The highest BCUT2D eigenvalue weighted by atomic mass is 32.2. The third-order valence-electron chi connectivity index (χ3n) is 3.45. The second-order valence-corrected chi connectivity index (χ2v) is 8.61. The smallest absolute Gasteiger partial charge is 0.250 e. The maximum Gasteiger partial charge on any atom is 0.250 e. The molecule has 1 N–H and O–H groups in total. The highest BCUT2D eigenvalue weighted by molar-refractivity contribution is 7.91. The monoisotopic (exact) mass is 363 g/mol. The summed E-state index contributed by atoms with van der Waals surface area (Å²) in [6.45, 7) is 4.04. The Morgan fingerprint density at radius 1 is 1.12 bits per heavy atom. The van der Waals surface area contributed by atoms with Crippen molar-refractivity contribution in [3.63, 3.8) is 0 Å². The van der Waals surface area contributed by atoms with Gasteiger partial charge in [0.15, 0.2) is 0 Å². The summed E-state index contributed by atoms with van der Waals surface area (Å²) in [5.41, 5.74) is 1.92. The first-order chi connectivity index (χ1) is 11.5. The highest BCUT2D eigenvalue weighted by Crippen LogP contribution is 2.22. The van der Waals surface area contributed by atoms with Gasteiger partial charge >= 0.3 is 0 Å². The van der Waals surface area contributed by atoms with Crippen LogP contribution in [0, 0.1) is 13.8 Å². The lowest BCUT2D eigenvalue weighted by Crippen LogP contribution is -2.25. The quantitative estimate of drug-likeness (QED) is 0.728. The molecule has 8 heteroatoms. The molecule has 0 bridgehead atoms. The fraction of sp³-hybridized carbons (Fsp3) is 0.250. The number of sulfonamides is 1. The SMILES string of the molecule is Cc1ccc(S(=O)(=O)NCCc2nnc(-c3ccccc3C)o2)s1. The van der Waals surface area contributed by atoms with Crippen LogP contribution in [-0.2, 0) is 16.4 Å². The summed E-state index contributed by atoms with van der Waals surface area (Å²) >= 11 is 1.24. The van der Waals surface area contributed by atoms with Crippen molar-refractivity contribution in [3.8, 4) is 11.5 Å². The zero-order valence-electron chi connectivity index (χ0n) is 13.3. The van der Waals surface area contributed by atoms with Crippen LogP contribution in [0.2, 0.25) is 0 Å². The lowest BCUT2D eigenvalue weighted by molar-refractivity contribution is 0.502. The Balaban J connectivity index is 1.63. The van der Waals surface area contributed by atoms with Crippen LogP contribution in [0.5, 0.6) is 0 Å². The first-order valence-electron chi connectivity index (χ1n) is 7.40. The molecule has 3 rings (SSSR count). The van der Waals surface area contributed by atoms with Gasteiger partial charge in [0.2, 0.25) is 21.8 Å². The van der Waals surface area contributed by atoms with Crippen LogP contribution in [0.1, 0.15) is 16.3 Å². The van der Waals surface area contributed by atoms with Crippen molar-refractivity contribution in [2.75, 3.05) is 6.54 Å². The minimum atomic E-state index is -3.48. The fourth-order valence-electron chi connectivity index (χ4n) is 2.20. The van der Waals surface area contributed by atoms with Gasteiger partial charge in [-0.05, 0) is 37.6 Å². The largest absolute Gasteiger partial charge is 0.421 e. The van der Waals surface area contributed by atoms with Crippen LogP contribution in [0.3, 0.4) is 0 Å². The molecular formula is C16H17N3O3S2. The van der Waals surface area contributed by atoms with Gasteiger partial charge in [0.1, 0.15) is 4.21 Å². The Bertz CT molecular complexity index is 945. The molecule has 3 aromatic rings. The number of thiophene rings is 1. The maximum atomic E-state index is 12.1. The number of benzene rings is 1. The Hall–Kier alpha value is -2.03. The molecule has 1 aromatic carbocycles. The van der Waals surface area contributed by atoms with Crippen molar-refractivity contribution < 1.29 is 12.8 Å².